The van der Waals surface area contributed by atoms with E-state index in [9.17, 15) is 0 Å². The van der Waals surface area contributed by atoms with Crippen molar-refractivity contribution in [2.75, 3.05) is 20.7 Å². The molecule has 4 nitrogen and oxygen atoms in total. The van der Waals surface area contributed by atoms with Crippen LogP contribution in [0.25, 0.3) is 21.8 Å². The summed E-state index contributed by atoms with van der Waals surface area (Å²) < 4.78 is 7.74. The first-order valence-electron chi connectivity index (χ1n) is 7.82. The van der Waals surface area contributed by atoms with E-state index in [1.165, 1.54) is 34.7 Å². The molecule has 1 aromatic carbocycles. The molecule has 0 aliphatic carbocycles. The second kappa shape index (κ2) is 4.99. The summed E-state index contributed by atoms with van der Waals surface area (Å²) in [6, 6.07) is 9.01. The van der Waals surface area contributed by atoms with Crippen LogP contribution in [0.15, 0.2) is 30.5 Å². The fraction of sp³-hybridized carbons (Fsp3) is 0.389. The molecular weight excluding hydrogens is 274 g/mol. The number of nitrogens with zero attached hydrogens (tertiary/aromatic N) is 3. The highest BCUT2D eigenvalue weighted by atomic mass is 16.5. The Kier molecular flexibility index (Phi) is 3.08. The zero-order valence-corrected chi connectivity index (χ0v) is 13.3. The van der Waals surface area contributed by atoms with E-state index in [4.69, 9.17) is 4.74 Å². The topological polar surface area (TPSA) is 30.3 Å². The molecule has 1 aliphatic rings. The van der Waals surface area contributed by atoms with Crippen molar-refractivity contribution < 1.29 is 4.74 Å². The van der Waals surface area contributed by atoms with Gasteiger partial charge in [0.25, 0.3) is 0 Å². The van der Waals surface area contributed by atoms with Crippen molar-refractivity contribution in [3.8, 4) is 5.88 Å². The Hall–Kier alpha value is -2.07. The second-order valence-electron chi connectivity index (χ2n) is 6.16. The van der Waals surface area contributed by atoms with Gasteiger partial charge in [0.1, 0.15) is 5.52 Å². The van der Waals surface area contributed by atoms with Crippen molar-refractivity contribution in [3.63, 3.8) is 0 Å². The number of ether oxygens (including phenoxy) is 1. The number of likely N-dealkylation sites (tertiary alicyclic amines) is 1. The predicted molar refractivity (Wildman–Crippen MR) is 89.4 cm³/mol. The summed E-state index contributed by atoms with van der Waals surface area (Å²) >= 11 is 0. The van der Waals surface area contributed by atoms with Gasteiger partial charge in [0.15, 0.2) is 0 Å². The smallest absolute Gasteiger partial charge is 0.238 e. The minimum absolute atomic E-state index is 0.451. The first kappa shape index (κ1) is 13.6. The van der Waals surface area contributed by atoms with Gasteiger partial charge in [0, 0.05) is 35.6 Å². The first-order valence-corrected chi connectivity index (χ1v) is 7.82. The second-order valence-corrected chi connectivity index (χ2v) is 6.16. The molecule has 3 heterocycles. The Morgan fingerprint density at radius 2 is 2.05 bits per heavy atom. The maximum atomic E-state index is 5.54. The number of hydrogen-bond acceptors (Lipinski definition) is 3. The number of methoxy groups -OCH3 is 1. The average Bonchev–Trinajstić information content (AvgIpc) is 3.10. The fourth-order valence-electron chi connectivity index (χ4n) is 3.89. The third kappa shape index (κ3) is 1.77. The molecule has 4 rings (SSSR count). The number of fused-ring (bicyclic) bond motifs is 3. The minimum atomic E-state index is 0.451. The van der Waals surface area contributed by atoms with Crippen LogP contribution in [-0.4, -0.2) is 35.2 Å². The van der Waals surface area contributed by atoms with E-state index in [2.05, 4.69) is 52.8 Å². The number of benzene rings is 1. The van der Waals surface area contributed by atoms with Gasteiger partial charge in [0.05, 0.1) is 7.11 Å². The minimum Gasteiger partial charge on any atom is -0.479 e. The van der Waals surface area contributed by atoms with Crippen LogP contribution in [0.1, 0.15) is 24.4 Å². The van der Waals surface area contributed by atoms with Crippen LogP contribution in [0, 0.1) is 0 Å². The molecule has 114 valence electrons. The molecule has 3 aromatic rings. The summed E-state index contributed by atoms with van der Waals surface area (Å²) in [6.07, 6.45) is 4.46. The summed E-state index contributed by atoms with van der Waals surface area (Å²) in [7, 11) is 6.00. The molecule has 0 N–H and O–H groups in total. The first-order chi connectivity index (χ1) is 10.7. The number of aryl methyl sites for hydroxylation is 1. The number of aromatic nitrogens is 2. The normalized spacial score (nSPS) is 19.3. The molecule has 4 heteroatoms. The largest absolute Gasteiger partial charge is 0.479 e. The molecule has 1 saturated heterocycles. The zero-order valence-electron chi connectivity index (χ0n) is 13.3. The number of rotatable bonds is 2. The molecule has 1 aliphatic heterocycles. The Morgan fingerprint density at radius 3 is 2.77 bits per heavy atom. The maximum Gasteiger partial charge on any atom is 0.238 e. The summed E-state index contributed by atoms with van der Waals surface area (Å²) in [5.74, 6) is 0.707. The molecule has 1 fully saturated rings. The van der Waals surface area contributed by atoms with Crippen LogP contribution >= 0.6 is 0 Å². The molecule has 2 aromatic heterocycles. The molecule has 0 unspecified atom stereocenters. The molecule has 22 heavy (non-hydrogen) atoms. The van der Waals surface area contributed by atoms with E-state index in [1.807, 2.05) is 6.20 Å². The maximum absolute atomic E-state index is 5.54. The lowest BCUT2D eigenvalue weighted by Gasteiger charge is -2.21. The fourth-order valence-corrected chi connectivity index (χ4v) is 3.89. The van der Waals surface area contributed by atoms with Gasteiger partial charge in [-0.1, -0.05) is 18.2 Å². The van der Waals surface area contributed by atoms with Gasteiger partial charge < -0.3 is 9.30 Å². The van der Waals surface area contributed by atoms with Gasteiger partial charge in [-0.3, -0.25) is 4.90 Å². The highest BCUT2D eigenvalue weighted by Gasteiger charge is 2.27. The van der Waals surface area contributed by atoms with Crippen LogP contribution in [0.3, 0.4) is 0 Å². The molecule has 0 spiro atoms. The molecule has 0 bridgehead atoms. The van der Waals surface area contributed by atoms with E-state index in [-0.39, 0.29) is 0 Å². The molecule has 0 amide bonds. The Balaban J connectivity index is 2.12. The van der Waals surface area contributed by atoms with Crippen LogP contribution in [0.4, 0.5) is 0 Å². The lowest BCUT2D eigenvalue weighted by atomic mass is 10.0. The van der Waals surface area contributed by atoms with Gasteiger partial charge in [-0.25, -0.2) is 4.98 Å². The van der Waals surface area contributed by atoms with Gasteiger partial charge in [0.2, 0.25) is 5.88 Å². The van der Waals surface area contributed by atoms with Gasteiger partial charge in [-0.15, -0.1) is 0 Å². The summed E-state index contributed by atoms with van der Waals surface area (Å²) in [4.78, 5) is 7.03. The van der Waals surface area contributed by atoms with Crippen LogP contribution in [0.5, 0.6) is 5.88 Å². The van der Waals surface area contributed by atoms with E-state index >= 15 is 0 Å². The SMILES string of the molecule is COc1ncc([C@@H]2CCCN2C)c2c3ccccc3n(C)c12. The standard InChI is InChI=1S/C18H21N3O/c1-20-10-6-9-14(20)13-11-19-18(22-3)17-16(13)12-7-4-5-8-15(12)21(17)2/h4-5,7-8,11,14H,6,9-10H2,1-3H3/t14-/m0/s1. The van der Waals surface area contributed by atoms with Crippen LogP contribution < -0.4 is 4.74 Å². The van der Waals surface area contributed by atoms with Crippen molar-refractivity contribution in [1.82, 2.24) is 14.5 Å². The number of hydrogen-bond donors (Lipinski definition) is 0. The highest BCUT2D eigenvalue weighted by molar-refractivity contribution is 6.11. The quantitative estimate of drug-likeness (QED) is 0.725. The summed E-state index contributed by atoms with van der Waals surface area (Å²) in [5, 5.41) is 2.58. The van der Waals surface area contributed by atoms with Crippen LogP contribution in [-0.2, 0) is 7.05 Å². The predicted octanol–water partition coefficient (Wildman–Crippen LogP) is 3.50. The summed E-state index contributed by atoms with van der Waals surface area (Å²) in [5.41, 5.74) is 3.65. The van der Waals surface area contributed by atoms with Crippen molar-refractivity contribution in [2.45, 2.75) is 18.9 Å². The average molecular weight is 295 g/mol. The third-order valence-corrected chi connectivity index (χ3v) is 4.99. The monoisotopic (exact) mass is 295 g/mol. The van der Waals surface area contributed by atoms with Crippen molar-refractivity contribution in [2.24, 2.45) is 7.05 Å². The Bertz CT molecular complexity index is 852. The van der Waals surface area contributed by atoms with Crippen molar-refractivity contribution in [3.05, 3.63) is 36.0 Å². The van der Waals surface area contributed by atoms with Gasteiger partial charge >= 0.3 is 0 Å². The van der Waals surface area contributed by atoms with Gasteiger partial charge in [-0.2, -0.15) is 0 Å². The molecular formula is C18H21N3O. The van der Waals surface area contributed by atoms with Crippen molar-refractivity contribution in [1.29, 1.82) is 0 Å². The van der Waals surface area contributed by atoms with Crippen molar-refractivity contribution >= 4 is 21.8 Å². The lowest BCUT2D eigenvalue weighted by molar-refractivity contribution is 0.318. The summed E-state index contributed by atoms with van der Waals surface area (Å²) in [6.45, 7) is 1.16. The van der Waals surface area contributed by atoms with Crippen LogP contribution in [0.2, 0.25) is 0 Å². The van der Waals surface area contributed by atoms with Gasteiger partial charge in [-0.05, 0) is 38.1 Å². The molecule has 0 saturated carbocycles. The molecule has 0 radical (unpaired) electrons. The van der Waals surface area contributed by atoms with E-state index < -0.39 is 0 Å². The van der Waals surface area contributed by atoms with E-state index in [1.54, 1.807) is 7.11 Å². The highest BCUT2D eigenvalue weighted by Crippen LogP contribution is 2.41. The Morgan fingerprint density at radius 1 is 1.23 bits per heavy atom. The third-order valence-electron chi connectivity index (χ3n) is 4.99. The number of pyridine rings is 1. The van der Waals surface area contributed by atoms with E-state index in [0.29, 0.717) is 11.9 Å². The Labute approximate surface area is 130 Å². The zero-order chi connectivity index (χ0) is 15.3. The lowest BCUT2D eigenvalue weighted by Crippen LogP contribution is -2.18. The molecule has 1 atom stereocenters. The van der Waals surface area contributed by atoms with E-state index in [0.717, 1.165) is 12.1 Å². The number of para-hydroxylation sites is 1.